The second kappa shape index (κ2) is 16.1. The zero-order chi connectivity index (χ0) is 27.2. The Hall–Kier alpha value is -2.78. The van der Waals surface area contributed by atoms with Crippen molar-refractivity contribution < 1.29 is 19.7 Å². The van der Waals surface area contributed by atoms with E-state index < -0.39 is 9.85 Å². The van der Waals surface area contributed by atoms with Crippen molar-refractivity contribution in [2.75, 3.05) is 0 Å². The van der Waals surface area contributed by atoms with Gasteiger partial charge >= 0.3 is 0 Å². The first kappa shape index (κ1) is 30.4. The Labute approximate surface area is 249 Å². The molecule has 0 unspecified atom stereocenters. The number of halogens is 3. The molecule has 4 aromatic rings. The van der Waals surface area contributed by atoms with E-state index >= 15 is 0 Å². The van der Waals surface area contributed by atoms with Crippen LogP contribution in [0.5, 0.6) is 11.5 Å². The largest absolute Gasteiger partial charge is 0.508 e. The van der Waals surface area contributed by atoms with E-state index in [-0.39, 0.29) is 17.1 Å². The number of ether oxygens (including phenoxy) is 1. The van der Waals surface area contributed by atoms with Crippen molar-refractivity contribution in [1.29, 1.82) is 0 Å². The van der Waals surface area contributed by atoms with Gasteiger partial charge in [0.2, 0.25) is 0 Å². The fourth-order valence-electron chi connectivity index (χ4n) is 2.67. The number of phenols is 1. The topological polar surface area (TPSA) is 116 Å². The molecule has 0 fully saturated rings. The molecule has 0 bridgehead atoms. The van der Waals surface area contributed by atoms with Crippen LogP contribution in [0.1, 0.15) is 11.1 Å². The Morgan fingerprint density at radius 2 is 1.22 bits per heavy atom. The molecular weight excluding hydrogens is 770 g/mol. The molecule has 1 N–H and O–H groups in total. The zero-order valence-corrected chi connectivity index (χ0v) is 25.1. The molecule has 0 aliphatic heterocycles. The number of nitro benzene ring substituents is 2. The van der Waals surface area contributed by atoms with E-state index in [2.05, 4.69) is 28.1 Å². The maximum absolute atomic E-state index is 10.8. The molecular formula is C26H21BrI2N2O6. The van der Waals surface area contributed by atoms with Gasteiger partial charge in [-0.2, -0.15) is 0 Å². The predicted molar refractivity (Wildman–Crippen MR) is 163 cm³/mol. The quantitative estimate of drug-likeness (QED) is 0.0911. The summed E-state index contributed by atoms with van der Waals surface area (Å²) in [5.41, 5.74) is 2.36. The number of benzene rings is 4. The van der Waals surface area contributed by atoms with Crippen LogP contribution >= 0.6 is 61.1 Å². The molecule has 8 nitrogen and oxygen atoms in total. The number of nitro groups is 2. The minimum Gasteiger partial charge on any atom is -0.508 e. The zero-order valence-electron chi connectivity index (χ0n) is 19.2. The SMILES string of the molecule is BrCc1ccccc1.O=[N+]([O-])c1cc(O)ccc1I.O=[N+]([O-])c1cc(OCc2ccccc2)ccc1I. The van der Waals surface area contributed by atoms with Crippen molar-refractivity contribution in [3.63, 3.8) is 0 Å². The van der Waals surface area contributed by atoms with Crippen LogP contribution in [0.15, 0.2) is 97.1 Å². The molecule has 0 aliphatic rings. The summed E-state index contributed by atoms with van der Waals surface area (Å²) in [6.07, 6.45) is 0. The second-order valence-corrected chi connectivity index (χ2v) is 10.0. The van der Waals surface area contributed by atoms with Crippen molar-refractivity contribution in [3.05, 3.63) is 136 Å². The number of phenolic OH excluding ortho intramolecular Hbond substituents is 1. The van der Waals surface area contributed by atoms with Crippen LogP contribution in [0.4, 0.5) is 11.4 Å². The summed E-state index contributed by atoms with van der Waals surface area (Å²) in [5.74, 6) is 0.420. The smallest absolute Gasteiger partial charge is 0.286 e. The highest BCUT2D eigenvalue weighted by Crippen LogP contribution is 2.26. The molecule has 0 saturated heterocycles. The van der Waals surface area contributed by atoms with Gasteiger partial charge in [-0.3, -0.25) is 20.2 Å². The van der Waals surface area contributed by atoms with E-state index in [9.17, 15) is 20.2 Å². The number of alkyl halides is 1. The average Bonchev–Trinajstić information content (AvgIpc) is 2.91. The average molecular weight is 791 g/mol. The molecule has 37 heavy (non-hydrogen) atoms. The lowest BCUT2D eigenvalue weighted by Gasteiger charge is -2.06. The third-order valence-electron chi connectivity index (χ3n) is 4.49. The summed E-state index contributed by atoms with van der Waals surface area (Å²) in [4.78, 5) is 20.1. The first-order valence-electron chi connectivity index (χ1n) is 10.5. The molecule has 0 aliphatic carbocycles. The Balaban J connectivity index is 0.000000215. The highest BCUT2D eigenvalue weighted by atomic mass is 127. The highest BCUT2D eigenvalue weighted by Gasteiger charge is 2.13. The van der Waals surface area contributed by atoms with Gasteiger partial charge in [0.1, 0.15) is 18.1 Å². The minimum absolute atomic E-state index is 0.0643. The van der Waals surface area contributed by atoms with Gasteiger partial charge in [-0.1, -0.05) is 76.6 Å². The van der Waals surface area contributed by atoms with Gasteiger partial charge < -0.3 is 9.84 Å². The van der Waals surface area contributed by atoms with E-state index in [1.54, 1.807) is 12.1 Å². The van der Waals surface area contributed by atoms with Crippen molar-refractivity contribution >= 4 is 72.5 Å². The molecule has 0 radical (unpaired) electrons. The maximum atomic E-state index is 10.8. The van der Waals surface area contributed by atoms with E-state index in [4.69, 9.17) is 9.84 Å². The second-order valence-electron chi connectivity index (χ2n) is 7.16. The third-order valence-corrected chi connectivity index (χ3v) is 6.96. The number of rotatable bonds is 6. The fraction of sp³-hybridized carbons (Fsp3) is 0.0769. The summed E-state index contributed by atoms with van der Waals surface area (Å²) in [6, 6.07) is 28.8. The van der Waals surface area contributed by atoms with Gasteiger partial charge in [-0.05, 0) is 80.6 Å². The first-order chi connectivity index (χ1) is 17.7. The van der Waals surface area contributed by atoms with Crippen molar-refractivity contribution in [2.45, 2.75) is 11.9 Å². The van der Waals surface area contributed by atoms with Crippen molar-refractivity contribution in [2.24, 2.45) is 0 Å². The lowest BCUT2D eigenvalue weighted by atomic mass is 10.2. The van der Waals surface area contributed by atoms with E-state index in [0.717, 1.165) is 17.0 Å². The Kier molecular flexibility index (Phi) is 13.3. The van der Waals surface area contributed by atoms with Crippen LogP contribution in [0.2, 0.25) is 0 Å². The molecule has 4 rings (SSSR count). The van der Waals surface area contributed by atoms with E-state index in [1.807, 2.05) is 93.7 Å². The summed E-state index contributed by atoms with van der Waals surface area (Å²) in [7, 11) is 0. The predicted octanol–water partition coefficient (Wildman–Crippen LogP) is 8.26. The maximum Gasteiger partial charge on any atom is 0.286 e. The Morgan fingerprint density at radius 3 is 1.68 bits per heavy atom. The lowest BCUT2D eigenvalue weighted by molar-refractivity contribution is -0.386. The fourth-order valence-corrected chi connectivity index (χ4v) is 4.11. The van der Waals surface area contributed by atoms with E-state index in [0.29, 0.717) is 19.5 Å². The molecule has 0 spiro atoms. The van der Waals surface area contributed by atoms with Crippen LogP contribution < -0.4 is 4.74 Å². The number of aromatic hydroxyl groups is 1. The molecule has 0 saturated carbocycles. The van der Waals surface area contributed by atoms with Crippen molar-refractivity contribution in [1.82, 2.24) is 0 Å². The van der Waals surface area contributed by atoms with Gasteiger partial charge in [-0.25, -0.2) is 0 Å². The Bertz CT molecular complexity index is 1310. The minimum atomic E-state index is -0.526. The lowest BCUT2D eigenvalue weighted by Crippen LogP contribution is -1.97. The standard InChI is InChI=1S/C13H10INO3.C7H7Br.C6H4INO3/c14-12-7-6-11(8-13(12)15(16)17)18-9-10-4-2-1-3-5-10;8-6-7-4-2-1-3-5-7;7-5-2-1-4(9)3-6(5)8(10)11/h1-8H,9H2;1-5H,6H2;1-3,9H. The van der Waals surface area contributed by atoms with Crippen LogP contribution in [0.3, 0.4) is 0 Å². The monoisotopic (exact) mass is 790 g/mol. The molecule has 11 heteroatoms. The number of hydrogen-bond acceptors (Lipinski definition) is 6. The summed E-state index contributed by atoms with van der Waals surface area (Å²) in [6.45, 7) is 0.401. The number of hydrogen-bond donors (Lipinski definition) is 1. The van der Waals surface area contributed by atoms with Crippen molar-refractivity contribution in [3.8, 4) is 11.5 Å². The van der Waals surface area contributed by atoms with Gasteiger partial charge in [0.15, 0.2) is 0 Å². The molecule has 0 aromatic heterocycles. The first-order valence-corrected chi connectivity index (χ1v) is 13.8. The third kappa shape index (κ3) is 11.0. The molecule has 4 aromatic carbocycles. The van der Waals surface area contributed by atoms with Crippen LogP contribution in [0, 0.1) is 27.4 Å². The van der Waals surface area contributed by atoms with E-state index in [1.165, 1.54) is 23.8 Å². The number of nitrogens with zero attached hydrogens (tertiary/aromatic N) is 2. The Morgan fingerprint density at radius 1 is 0.730 bits per heavy atom. The normalized spacial score (nSPS) is 9.70. The van der Waals surface area contributed by atoms with Crippen LogP contribution in [0.25, 0.3) is 0 Å². The van der Waals surface area contributed by atoms with Gasteiger partial charge in [-0.15, -0.1) is 0 Å². The molecule has 192 valence electrons. The van der Waals surface area contributed by atoms with Gasteiger partial charge in [0.25, 0.3) is 11.4 Å². The van der Waals surface area contributed by atoms with Gasteiger partial charge in [0, 0.05) is 5.33 Å². The highest BCUT2D eigenvalue weighted by molar-refractivity contribution is 14.1. The summed E-state index contributed by atoms with van der Waals surface area (Å²) in [5, 5.41) is 30.9. The summed E-state index contributed by atoms with van der Waals surface area (Å²) < 4.78 is 6.65. The molecule has 0 heterocycles. The van der Waals surface area contributed by atoms with Crippen LogP contribution in [-0.2, 0) is 11.9 Å². The van der Waals surface area contributed by atoms with Gasteiger partial charge in [0.05, 0.1) is 29.1 Å². The summed E-state index contributed by atoms with van der Waals surface area (Å²) >= 11 is 7.13. The molecule has 0 atom stereocenters. The molecule has 0 amide bonds. The van der Waals surface area contributed by atoms with Crippen LogP contribution in [-0.4, -0.2) is 15.0 Å².